The van der Waals surface area contributed by atoms with Crippen molar-refractivity contribution in [2.75, 3.05) is 19.5 Å². The van der Waals surface area contributed by atoms with E-state index in [-0.39, 0.29) is 56.8 Å². The Morgan fingerprint density at radius 2 is 1.64 bits per heavy atom. The number of ether oxygens (including phenoxy) is 4. The monoisotopic (exact) mass is 647 g/mol. The number of ketones is 2. The molecule has 0 saturated carbocycles. The summed E-state index contributed by atoms with van der Waals surface area (Å²) in [6, 6.07) is 6.07. The van der Waals surface area contributed by atoms with E-state index in [1.165, 1.54) is 51.1 Å². The molecule has 11 nitrogen and oxygen atoms in total. The fourth-order valence-corrected chi connectivity index (χ4v) is 6.65. The second kappa shape index (κ2) is 10.2. The number of nitrogens with one attached hydrogen (secondary N) is 1. The smallest absolute Gasteiger partial charge is 0.496 e. The minimum atomic E-state index is -4.95. The minimum Gasteiger partial charge on any atom is -0.496 e. The lowest BCUT2D eigenvalue weighted by atomic mass is 9.66. The number of alkyl halides is 3. The van der Waals surface area contributed by atoms with Gasteiger partial charge in [0.25, 0.3) is 5.56 Å². The van der Waals surface area contributed by atoms with Crippen LogP contribution in [0.1, 0.15) is 40.7 Å². The van der Waals surface area contributed by atoms with Crippen LogP contribution in [-0.4, -0.2) is 46.9 Å². The number of hydrogen-bond donors (Lipinski definition) is 1. The Morgan fingerprint density at radius 3 is 2.24 bits per heavy atom. The average molecular weight is 648 g/mol. The summed E-state index contributed by atoms with van der Waals surface area (Å²) in [5, 5.41) is 3.02. The van der Waals surface area contributed by atoms with Gasteiger partial charge in [0.05, 0.1) is 19.8 Å². The number of aromatic nitrogens is 2. The number of carbonyl (C=O) groups is 2. The average Bonchev–Trinajstić information content (AvgIpc) is 3.31. The molecule has 45 heavy (non-hydrogen) atoms. The molecule has 6 rings (SSSR count). The number of fused-ring (bicyclic) bond motifs is 2. The molecule has 1 spiro atoms. The first kappa shape index (κ1) is 30.3. The maximum Gasteiger partial charge on any atom is 0.573 e. The second-order valence-electron chi connectivity index (χ2n) is 10.9. The van der Waals surface area contributed by atoms with Crippen molar-refractivity contribution in [2.24, 2.45) is 20.0 Å². The highest BCUT2D eigenvalue weighted by Crippen LogP contribution is 2.56. The fourth-order valence-electron chi connectivity index (χ4n) is 6.38. The van der Waals surface area contributed by atoms with Crippen LogP contribution < -0.4 is 35.5 Å². The number of rotatable bonds is 4. The van der Waals surface area contributed by atoms with E-state index in [0.717, 1.165) is 16.7 Å². The predicted molar refractivity (Wildman–Crippen MR) is 154 cm³/mol. The first-order valence-electron chi connectivity index (χ1n) is 13.5. The molecule has 1 aromatic heterocycles. The van der Waals surface area contributed by atoms with E-state index >= 15 is 0 Å². The van der Waals surface area contributed by atoms with Crippen LogP contribution in [0.25, 0.3) is 0 Å². The Kier molecular flexibility index (Phi) is 6.84. The largest absolute Gasteiger partial charge is 0.573 e. The van der Waals surface area contributed by atoms with Gasteiger partial charge in [-0.3, -0.25) is 23.5 Å². The third-order valence-electron chi connectivity index (χ3n) is 8.52. The van der Waals surface area contributed by atoms with Crippen molar-refractivity contribution in [3.63, 3.8) is 0 Å². The van der Waals surface area contributed by atoms with Crippen molar-refractivity contribution in [1.29, 1.82) is 0 Å². The van der Waals surface area contributed by atoms with Gasteiger partial charge < -0.3 is 24.3 Å². The van der Waals surface area contributed by atoms with Crippen LogP contribution in [0.5, 0.6) is 23.0 Å². The van der Waals surface area contributed by atoms with Gasteiger partial charge in [0.1, 0.15) is 33.7 Å². The number of hydrogen-bond acceptors (Lipinski definition) is 9. The molecule has 3 atom stereocenters. The Labute approximate surface area is 257 Å². The number of carbonyl (C=O) groups excluding carboxylic acids is 2. The summed E-state index contributed by atoms with van der Waals surface area (Å²) in [6.07, 6.45) is -4.90. The maximum absolute atomic E-state index is 14.8. The highest BCUT2D eigenvalue weighted by molar-refractivity contribution is 6.36. The Hall–Kier alpha value is -4.72. The van der Waals surface area contributed by atoms with Crippen molar-refractivity contribution in [2.45, 2.75) is 31.2 Å². The van der Waals surface area contributed by atoms with Crippen LogP contribution in [0.15, 0.2) is 51.2 Å². The Bertz CT molecular complexity index is 1970. The molecule has 3 aromatic rings. The summed E-state index contributed by atoms with van der Waals surface area (Å²) in [4.78, 5) is 55.7. The predicted octanol–water partition coefficient (Wildman–Crippen LogP) is 4.09. The van der Waals surface area contributed by atoms with Gasteiger partial charge in [-0.25, -0.2) is 4.79 Å². The van der Waals surface area contributed by atoms with E-state index in [4.69, 9.17) is 25.8 Å². The normalized spacial score (nSPS) is 22.0. The summed E-state index contributed by atoms with van der Waals surface area (Å²) < 4.78 is 61.8. The first-order valence-corrected chi connectivity index (χ1v) is 13.9. The molecule has 0 unspecified atom stereocenters. The summed E-state index contributed by atoms with van der Waals surface area (Å²) in [5.41, 5.74) is -3.08. The second-order valence-corrected chi connectivity index (χ2v) is 11.3. The van der Waals surface area contributed by atoms with Crippen molar-refractivity contribution < 1.29 is 41.7 Å². The molecule has 0 fully saturated rings. The molecule has 3 aliphatic rings. The van der Waals surface area contributed by atoms with Gasteiger partial charge >= 0.3 is 12.1 Å². The number of nitrogens with zero attached hydrogens (tertiary/aromatic N) is 2. The van der Waals surface area contributed by atoms with Crippen molar-refractivity contribution in [3.8, 4) is 23.0 Å². The fraction of sp³-hybridized carbons (Fsp3) is 0.333. The zero-order valence-corrected chi connectivity index (χ0v) is 25.2. The SMILES string of the molecule is COc1cc(OC)c2c(c1Cl)O[C@@]1(C(=O)C3=C(C[C@H]1C)Nc1c(c(=O)n(C)c(=O)n1C)[C@H]3c1ccc(OC(F)(F)F)cc1)C2=O. The lowest BCUT2D eigenvalue weighted by Gasteiger charge is -2.42. The number of Topliss-reactive ketones (excluding diaryl/α,β-unsaturated/α-hetero) is 2. The summed E-state index contributed by atoms with van der Waals surface area (Å²) in [7, 11) is 5.40. The van der Waals surface area contributed by atoms with Crippen molar-refractivity contribution in [1.82, 2.24) is 9.13 Å². The molecule has 236 valence electrons. The van der Waals surface area contributed by atoms with E-state index in [9.17, 15) is 32.3 Å². The number of allylic oxidation sites excluding steroid dienone is 1. The van der Waals surface area contributed by atoms with E-state index in [2.05, 4.69) is 10.1 Å². The van der Waals surface area contributed by atoms with Gasteiger partial charge in [0.15, 0.2) is 5.75 Å². The topological polar surface area (TPSA) is 127 Å². The molecular weight excluding hydrogens is 623 g/mol. The molecule has 2 aromatic carbocycles. The Morgan fingerprint density at radius 1 is 1.00 bits per heavy atom. The van der Waals surface area contributed by atoms with Crippen LogP contribution in [0.4, 0.5) is 19.0 Å². The molecule has 3 heterocycles. The number of halogens is 4. The van der Waals surface area contributed by atoms with Gasteiger partial charge in [-0.1, -0.05) is 30.7 Å². The zero-order chi connectivity index (χ0) is 32.7. The molecule has 0 amide bonds. The van der Waals surface area contributed by atoms with Gasteiger partial charge in [-0.2, -0.15) is 0 Å². The molecular formula is C30H25ClF3N3O8. The number of anilines is 1. The molecule has 2 aliphatic heterocycles. The highest BCUT2D eigenvalue weighted by Gasteiger charge is 2.63. The zero-order valence-electron chi connectivity index (χ0n) is 24.4. The molecule has 0 saturated heterocycles. The van der Waals surface area contributed by atoms with E-state index < -0.39 is 52.4 Å². The number of benzene rings is 2. The maximum atomic E-state index is 14.8. The Balaban J connectivity index is 1.58. The first-order chi connectivity index (χ1) is 21.2. The number of methoxy groups -OCH3 is 2. The lowest BCUT2D eigenvalue weighted by molar-refractivity contribution is -0.274. The molecule has 0 bridgehead atoms. The van der Waals surface area contributed by atoms with Crippen LogP contribution in [0.2, 0.25) is 5.02 Å². The highest BCUT2D eigenvalue weighted by atomic mass is 35.5. The van der Waals surface area contributed by atoms with E-state index in [1.807, 2.05) is 0 Å². The van der Waals surface area contributed by atoms with Crippen molar-refractivity contribution >= 4 is 29.0 Å². The third-order valence-corrected chi connectivity index (χ3v) is 8.88. The minimum absolute atomic E-state index is 0.0240. The van der Waals surface area contributed by atoms with Crippen molar-refractivity contribution in [3.05, 3.63) is 84.2 Å². The van der Waals surface area contributed by atoms with Gasteiger partial charge in [-0.05, 0) is 24.1 Å². The van der Waals surface area contributed by atoms with Gasteiger partial charge in [-0.15, -0.1) is 13.2 Å². The molecule has 15 heteroatoms. The summed E-state index contributed by atoms with van der Waals surface area (Å²) in [6.45, 7) is 1.64. The van der Waals surface area contributed by atoms with Gasteiger partial charge in [0.2, 0.25) is 17.2 Å². The quantitative estimate of drug-likeness (QED) is 0.417. The summed E-state index contributed by atoms with van der Waals surface area (Å²) >= 11 is 6.54. The van der Waals surface area contributed by atoms with Crippen LogP contribution in [0, 0.1) is 5.92 Å². The molecule has 1 N–H and O–H groups in total. The lowest BCUT2D eigenvalue weighted by Crippen LogP contribution is -2.58. The standard InChI is InChI=1S/C30H25ClF3N3O8/c1-12-10-15-19(24(38)29(12)25(39)20-16(42-4)11-17(43-5)22(31)23(20)45-29)18(13-6-8-14(9-7-13)44-30(32,33)34)21-26(35-15)36(2)28(41)37(3)27(21)40/h6-9,11-12,18,35H,10H2,1-5H3/t12-,18+,29+/m1/s1. The van der Waals surface area contributed by atoms with Gasteiger partial charge in [0, 0.05) is 43.3 Å². The van der Waals surface area contributed by atoms with Crippen LogP contribution in [-0.2, 0) is 18.9 Å². The molecule has 1 aliphatic carbocycles. The van der Waals surface area contributed by atoms with E-state index in [0.29, 0.717) is 5.70 Å². The van der Waals surface area contributed by atoms with Crippen LogP contribution >= 0.6 is 11.6 Å². The third kappa shape index (κ3) is 4.25. The summed E-state index contributed by atoms with van der Waals surface area (Å²) in [5.74, 6) is -3.82. The van der Waals surface area contributed by atoms with E-state index in [1.54, 1.807) is 6.92 Å². The molecule has 0 radical (unpaired) electrons. The van der Waals surface area contributed by atoms with Crippen LogP contribution in [0.3, 0.4) is 0 Å².